The zero-order valence-electron chi connectivity index (χ0n) is 13.6. The molecule has 3 nitrogen and oxygen atoms in total. The van der Waals surface area contributed by atoms with Crippen LogP contribution in [0.1, 0.15) is 90.9 Å². The van der Waals surface area contributed by atoms with E-state index in [1.165, 1.54) is 38.5 Å². The van der Waals surface area contributed by atoms with E-state index in [0.717, 1.165) is 25.7 Å². The summed E-state index contributed by atoms with van der Waals surface area (Å²) in [7, 11) is 0. The van der Waals surface area contributed by atoms with E-state index in [9.17, 15) is 10.2 Å². The van der Waals surface area contributed by atoms with E-state index < -0.39 is 5.60 Å². The van der Waals surface area contributed by atoms with Crippen LogP contribution in [0, 0.1) is 0 Å². The second-order valence-electron chi connectivity index (χ2n) is 6.70. The Kier molecular flexibility index (Phi) is 12.5. The standard InChI is InChI=1S/C17H36O3/c1-17(2,20)14-13-16(19)12-10-8-6-4-3-5-7-9-11-15-18/h16,18-20H,3-15H2,1-2H3. The van der Waals surface area contributed by atoms with E-state index in [2.05, 4.69) is 0 Å². The molecule has 0 saturated heterocycles. The highest BCUT2D eigenvalue weighted by Gasteiger charge is 2.14. The first kappa shape index (κ1) is 19.9. The minimum atomic E-state index is -0.656. The smallest absolute Gasteiger partial charge is 0.0592 e. The molecule has 1 atom stereocenters. The summed E-state index contributed by atoms with van der Waals surface area (Å²) in [5.41, 5.74) is -0.656. The third kappa shape index (κ3) is 15.9. The predicted octanol–water partition coefficient (Wildman–Crippen LogP) is 3.79. The molecule has 0 amide bonds. The Morgan fingerprint density at radius 2 is 1.20 bits per heavy atom. The summed E-state index contributed by atoms with van der Waals surface area (Å²) in [5.74, 6) is 0. The van der Waals surface area contributed by atoms with Crippen molar-refractivity contribution in [2.24, 2.45) is 0 Å². The van der Waals surface area contributed by atoms with E-state index in [0.29, 0.717) is 19.4 Å². The van der Waals surface area contributed by atoms with Crippen LogP contribution in [0.3, 0.4) is 0 Å². The fraction of sp³-hybridized carbons (Fsp3) is 1.00. The van der Waals surface area contributed by atoms with Gasteiger partial charge in [0.2, 0.25) is 0 Å². The molecule has 0 rings (SSSR count). The van der Waals surface area contributed by atoms with Crippen molar-refractivity contribution in [3.63, 3.8) is 0 Å². The van der Waals surface area contributed by atoms with Gasteiger partial charge in [-0.2, -0.15) is 0 Å². The first-order valence-electron chi connectivity index (χ1n) is 8.47. The summed E-state index contributed by atoms with van der Waals surface area (Å²) in [4.78, 5) is 0. The molecule has 0 radical (unpaired) electrons. The molecule has 0 heterocycles. The molecule has 122 valence electrons. The van der Waals surface area contributed by atoms with Crippen LogP contribution in [0.25, 0.3) is 0 Å². The van der Waals surface area contributed by atoms with Gasteiger partial charge in [0.15, 0.2) is 0 Å². The van der Waals surface area contributed by atoms with Crippen molar-refractivity contribution in [3.8, 4) is 0 Å². The molecule has 0 aromatic rings. The van der Waals surface area contributed by atoms with Crippen molar-refractivity contribution in [1.82, 2.24) is 0 Å². The van der Waals surface area contributed by atoms with E-state index >= 15 is 0 Å². The molecule has 3 N–H and O–H groups in total. The van der Waals surface area contributed by atoms with Crippen LogP contribution in [0.15, 0.2) is 0 Å². The zero-order valence-corrected chi connectivity index (χ0v) is 13.6. The number of aliphatic hydroxyl groups is 3. The van der Waals surface area contributed by atoms with Crippen LogP contribution >= 0.6 is 0 Å². The topological polar surface area (TPSA) is 60.7 Å². The third-order valence-corrected chi connectivity index (χ3v) is 3.78. The van der Waals surface area contributed by atoms with Gasteiger partial charge in [-0.1, -0.05) is 51.4 Å². The lowest BCUT2D eigenvalue weighted by molar-refractivity contribution is 0.0465. The highest BCUT2D eigenvalue weighted by molar-refractivity contribution is 4.68. The molecule has 3 heteroatoms. The Morgan fingerprint density at radius 3 is 1.65 bits per heavy atom. The molecular formula is C17H36O3. The van der Waals surface area contributed by atoms with Crippen molar-refractivity contribution in [2.75, 3.05) is 6.61 Å². The molecule has 1 unspecified atom stereocenters. The predicted molar refractivity (Wildman–Crippen MR) is 84.8 cm³/mol. The highest BCUT2D eigenvalue weighted by atomic mass is 16.3. The van der Waals surface area contributed by atoms with Gasteiger partial charge in [-0.25, -0.2) is 0 Å². The maximum atomic E-state index is 9.80. The number of unbranched alkanes of at least 4 members (excludes halogenated alkanes) is 8. The van der Waals surface area contributed by atoms with Crippen LogP contribution in [0.5, 0.6) is 0 Å². The molecule has 0 aliphatic heterocycles. The summed E-state index contributed by atoms with van der Waals surface area (Å²) in [5, 5.41) is 28.1. The number of hydrogen-bond acceptors (Lipinski definition) is 3. The van der Waals surface area contributed by atoms with Crippen LogP contribution in [0.4, 0.5) is 0 Å². The first-order valence-corrected chi connectivity index (χ1v) is 8.47. The molecule has 0 fully saturated rings. The average molecular weight is 288 g/mol. The van der Waals surface area contributed by atoms with Gasteiger partial charge >= 0.3 is 0 Å². The minimum Gasteiger partial charge on any atom is -0.396 e. The SMILES string of the molecule is CC(C)(O)CCC(O)CCCCCCCCCCCO. The first-order chi connectivity index (χ1) is 9.45. The fourth-order valence-corrected chi connectivity index (χ4v) is 2.39. The average Bonchev–Trinajstić information content (AvgIpc) is 2.38. The molecule has 0 aromatic heterocycles. The van der Waals surface area contributed by atoms with Crippen molar-refractivity contribution in [2.45, 2.75) is 103 Å². The Labute approximate surface area is 125 Å². The fourth-order valence-electron chi connectivity index (χ4n) is 2.39. The van der Waals surface area contributed by atoms with Gasteiger partial charge in [0.25, 0.3) is 0 Å². The van der Waals surface area contributed by atoms with Gasteiger partial charge in [-0.15, -0.1) is 0 Å². The lowest BCUT2D eigenvalue weighted by atomic mass is 9.97. The molecule has 0 bridgehead atoms. The van der Waals surface area contributed by atoms with Crippen LogP contribution in [0.2, 0.25) is 0 Å². The second-order valence-corrected chi connectivity index (χ2v) is 6.70. The molecular weight excluding hydrogens is 252 g/mol. The van der Waals surface area contributed by atoms with Crippen molar-refractivity contribution < 1.29 is 15.3 Å². The van der Waals surface area contributed by atoms with Gasteiger partial charge in [0.05, 0.1) is 11.7 Å². The van der Waals surface area contributed by atoms with Gasteiger partial charge < -0.3 is 15.3 Å². The Morgan fingerprint density at radius 1 is 0.750 bits per heavy atom. The van der Waals surface area contributed by atoms with Crippen molar-refractivity contribution >= 4 is 0 Å². The molecule has 0 spiro atoms. The van der Waals surface area contributed by atoms with Crippen LogP contribution in [-0.2, 0) is 0 Å². The van der Waals surface area contributed by atoms with E-state index in [4.69, 9.17) is 5.11 Å². The summed E-state index contributed by atoms with van der Waals surface area (Å²) in [6.45, 7) is 3.91. The normalized spacial score (nSPS) is 13.7. The number of hydrogen-bond donors (Lipinski definition) is 3. The Balaban J connectivity index is 3.19. The lowest BCUT2D eigenvalue weighted by Gasteiger charge is -2.19. The van der Waals surface area contributed by atoms with Gasteiger partial charge in [-0.05, 0) is 39.5 Å². The third-order valence-electron chi connectivity index (χ3n) is 3.78. The molecule has 0 aromatic carbocycles. The number of aliphatic hydroxyl groups excluding tert-OH is 2. The molecule has 20 heavy (non-hydrogen) atoms. The summed E-state index contributed by atoms with van der Waals surface area (Å²) in [6, 6.07) is 0. The summed E-state index contributed by atoms with van der Waals surface area (Å²) < 4.78 is 0. The van der Waals surface area contributed by atoms with Crippen molar-refractivity contribution in [1.29, 1.82) is 0 Å². The van der Waals surface area contributed by atoms with Crippen molar-refractivity contribution in [3.05, 3.63) is 0 Å². The largest absolute Gasteiger partial charge is 0.396 e. The lowest BCUT2D eigenvalue weighted by Crippen LogP contribution is -2.21. The van der Waals surface area contributed by atoms with Crippen LogP contribution < -0.4 is 0 Å². The van der Waals surface area contributed by atoms with E-state index in [1.807, 2.05) is 0 Å². The second kappa shape index (κ2) is 12.6. The highest BCUT2D eigenvalue weighted by Crippen LogP contribution is 2.16. The minimum absolute atomic E-state index is 0.250. The van der Waals surface area contributed by atoms with Crippen LogP contribution in [-0.4, -0.2) is 33.6 Å². The Bertz CT molecular complexity index is 199. The molecule has 0 saturated carbocycles. The molecule has 0 aliphatic rings. The van der Waals surface area contributed by atoms with Gasteiger partial charge in [0.1, 0.15) is 0 Å². The summed E-state index contributed by atoms with van der Waals surface area (Å²) in [6.07, 6.45) is 12.8. The number of rotatable bonds is 14. The monoisotopic (exact) mass is 288 g/mol. The van der Waals surface area contributed by atoms with E-state index in [-0.39, 0.29) is 6.10 Å². The quantitative estimate of drug-likeness (QED) is 0.426. The van der Waals surface area contributed by atoms with Gasteiger partial charge in [0, 0.05) is 6.61 Å². The zero-order chi connectivity index (χ0) is 15.3. The maximum Gasteiger partial charge on any atom is 0.0592 e. The summed E-state index contributed by atoms with van der Waals surface area (Å²) >= 11 is 0. The maximum absolute atomic E-state index is 9.80. The van der Waals surface area contributed by atoms with E-state index in [1.54, 1.807) is 13.8 Å². The van der Waals surface area contributed by atoms with Gasteiger partial charge in [-0.3, -0.25) is 0 Å². The Hall–Kier alpha value is -0.120. The molecule has 0 aliphatic carbocycles.